The summed E-state index contributed by atoms with van der Waals surface area (Å²) in [5.41, 5.74) is 0.893. The first kappa shape index (κ1) is 14.1. The van der Waals surface area contributed by atoms with Crippen LogP contribution in [-0.4, -0.2) is 28.8 Å². The molecule has 4 unspecified atom stereocenters. The monoisotopic (exact) mass is 286 g/mol. The van der Waals surface area contributed by atoms with Crippen molar-refractivity contribution in [3.05, 3.63) is 35.9 Å². The van der Waals surface area contributed by atoms with E-state index in [1.165, 1.54) is 0 Å². The van der Waals surface area contributed by atoms with E-state index in [4.69, 9.17) is 0 Å². The van der Waals surface area contributed by atoms with E-state index in [1.54, 1.807) is 0 Å². The molecule has 4 heteroatoms. The van der Waals surface area contributed by atoms with Crippen molar-refractivity contribution in [3.63, 3.8) is 0 Å². The van der Waals surface area contributed by atoms with E-state index in [9.17, 15) is 9.59 Å². The Morgan fingerprint density at radius 2 is 1.81 bits per heavy atom. The topological polar surface area (TPSA) is 49.4 Å². The van der Waals surface area contributed by atoms with Gasteiger partial charge in [0, 0.05) is 6.04 Å². The smallest absolute Gasteiger partial charge is 0.248 e. The minimum Gasteiger partial charge on any atom is -0.342 e. The number of nitrogens with zero attached hydrogens (tertiary/aromatic N) is 1. The Morgan fingerprint density at radius 3 is 2.33 bits per heavy atom. The quantitative estimate of drug-likeness (QED) is 0.925. The summed E-state index contributed by atoms with van der Waals surface area (Å²) >= 11 is 0. The molecule has 1 N–H and O–H groups in total. The highest BCUT2D eigenvalue weighted by atomic mass is 16.2. The van der Waals surface area contributed by atoms with Gasteiger partial charge in [0.2, 0.25) is 11.8 Å². The van der Waals surface area contributed by atoms with Crippen LogP contribution in [0.4, 0.5) is 0 Å². The van der Waals surface area contributed by atoms with Gasteiger partial charge in [0.25, 0.3) is 0 Å². The SMILES string of the molecule is CC(C)C1NC(=O)C(c2ccccc2)N(C2CC2C)C1=O. The van der Waals surface area contributed by atoms with Crippen LogP contribution in [0.25, 0.3) is 0 Å². The summed E-state index contributed by atoms with van der Waals surface area (Å²) < 4.78 is 0. The van der Waals surface area contributed by atoms with Gasteiger partial charge in [-0.05, 0) is 23.8 Å². The summed E-state index contributed by atoms with van der Waals surface area (Å²) in [7, 11) is 0. The Balaban J connectivity index is 1.98. The molecule has 1 aliphatic carbocycles. The molecule has 1 saturated heterocycles. The minimum absolute atomic E-state index is 0.0569. The number of nitrogens with one attached hydrogen (secondary N) is 1. The van der Waals surface area contributed by atoms with Crippen molar-refractivity contribution in [3.8, 4) is 0 Å². The molecule has 1 saturated carbocycles. The van der Waals surface area contributed by atoms with Gasteiger partial charge in [0.1, 0.15) is 12.1 Å². The molecule has 4 nitrogen and oxygen atoms in total. The first-order valence-electron chi connectivity index (χ1n) is 7.68. The van der Waals surface area contributed by atoms with Crippen LogP contribution in [0.2, 0.25) is 0 Å². The van der Waals surface area contributed by atoms with Crippen molar-refractivity contribution in [2.75, 3.05) is 0 Å². The van der Waals surface area contributed by atoms with Gasteiger partial charge in [0.05, 0.1) is 0 Å². The second-order valence-electron chi connectivity index (χ2n) is 6.57. The largest absolute Gasteiger partial charge is 0.342 e. The van der Waals surface area contributed by atoms with Crippen LogP contribution in [0.15, 0.2) is 30.3 Å². The van der Waals surface area contributed by atoms with Crippen LogP contribution in [0.5, 0.6) is 0 Å². The van der Waals surface area contributed by atoms with E-state index >= 15 is 0 Å². The van der Waals surface area contributed by atoms with Crippen LogP contribution in [0, 0.1) is 11.8 Å². The van der Waals surface area contributed by atoms with Crippen molar-refractivity contribution in [1.29, 1.82) is 0 Å². The minimum atomic E-state index is -0.483. The fourth-order valence-corrected chi connectivity index (χ4v) is 3.15. The average molecular weight is 286 g/mol. The maximum atomic E-state index is 12.8. The van der Waals surface area contributed by atoms with Gasteiger partial charge in [0.15, 0.2) is 0 Å². The van der Waals surface area contributed by atoms with E-state index in [0.29, 0.717) is 5.92 Å². The number of hydrogen-bond acceptors (Lipinski definition) is 2. The zero-order valence-corrected chi connectivity index (χ0v) is 12.7. The van der Waals surface area contributed by atoms with Crippen LogP contribution in [0.3, 0.4) is 0 Å². The molecule has 1 heterocycles. The van der Waals surface area contributed by atoms with Crippen LogP contribution < -0.4 is 5.32 Å². The van der Waals surface area contributed by atoms with Gasteiger partial charge in [-0.15, -0.1) is 0 Å². The van der Waals surface area contributed by atoms with Crippen LogP contribution in [0.1, 0.15) is 38.8 Å². The van der Waals surface area contributed by atoms with E-state index in [-0.39, 0.29) is 23.8 Å². The predicted octanol–water partition coefficient (Wildman–Crippen LogP) is 2.12. The van der Waals surface area contributed by atoms with Gasteiger partial charge in [-0.25, -0.2) is 0 Å². The van der Waals surface area contributed by atoms with E-state index < -0.39 is 12.1 Å². The van der Waals surface area contributed by atoms with E-state index in [2.05, 4.69) is 12.2 Å². The highest BCUT2D eigenvalue weighted by Crippen LogP contribution is 2.42. The number of benzene rings is 1. The Labute approximate surface area is 125 Å². The Morgan fingerprint density at radius 1 is 1.19 bits per heavy atom. The highest BCUT2D eigenvalue weighted by molar-refractivity contribution is 5.98. The summed E-state index contributed by atoms with van der Waals surface area (Å²) in [4.78, 5) is 27.3. The first-order valence-corrected chi connectivity index (χ1v) is 7.68. The fraction of sp³-hybridized carbons (Fsp3) is 0.529. The molecule has 1 aromatic carbocycles. The molecule has 1 aromatic rings. The molecule has 2 aliphatic rings. The molecular weight excluding hydrogens is 264 g/mol. The molecule has 1 aliphatic heterocycles. The second kappa shape index (κ2) is 5.17. The van der Waals surface area contributed by atoms with E-state index in [1.807, 2.05) is 49.1 Å². The van der Waals surface area contributed by atoms with Gasteiger partial charge in [-0.1, -0.05) is 51.1 Å². The number of hydrogen-bond donors (Lipinski definition) is 1. The summed E-state index contributed by atoms with van der Waals surface area (Å²) in [6.07, 6.45) is 0.993. The lowest BCUT2D eigenvalue weighted by atomic mass is 9.94. The number of carbonyl (C=O) groups is 2. The molecule has 4 atom stereocenters. The molecule has 0 bridgehead atoms. The molecule has 0 aromatic heterocycles. The Bertz CT molecular complexity index is 555. The molecule has 0 radical (unpaired) electrons. The number of rotatable bonds is 3. The molecule has 3 rings (SSSR count). The van der Waals surface area contributed by atoms with Crippen molar-refractivity contribution in [2.24, 2.45) is 11.8 Å². The lowest BCUT2D eigenvalue weighted by molar-refractivity contribution is -0.152. The lowest BCUT2D eigenvalue weighted by Gasteiger charge is -2.41. The zero-order chi connectivity index (χ0) is 15.1. The summed E-state index contributed by atoms with van der Waals surface area (Å²) in [6, 6.07) is 8.92. The van der Waals surface area contributed by atoms with Crippen molar-refractivity contribution < 1.29 is 9.59 Å². The van der Waals surface area contributed by atoms with Crippen molar-refractivity contribution in [2.45, 2.75) is 45.3 Å². The molecule has 0 spiro atoms. The zero-order valence-electron chi connectivity index (χ0n) is 12.7. The summed E-state index contributed by atoms with van der Waals surface area (Å²) in [5, 5.41) is 2.91. The van der Waals surface area contributed by atoms with Crippen LogP contribution in [-0.2, 0) is 9.59 Å². The number of piperazine rings is 1. The highest BCUT2D eigenvalue weighted by Gasteiger charge is 2.51. The third-order valence-corrected chi connectivity index (χ3v) is 4.55. The Kier molecular flexibility index (Phi) is 3.47. The fourth-order valence-electron chi connectivity index (χ4n) is 3.15. The average Bonchev–Trinajstić information content (AvgIpc) is 3.17. The summed E-state index contributed by atoms with van der Waals surface area (Å²) in [6.45, 7) is 6.08. The maximum absolute atomic E-state index is 12.8. The molecule has 2 fully saturated rings. The first-order chi connectivity index (χ1) is 10.0. The maximum Gasteiger partial charge on any atom is 0.248 e. The van der Waals surface area contributed by atoms with Gasteiger partial charge < -0.3 is 10.2 Å². The van der Waals surface area contributed by atoms with Gasteiger partial charge in [-0.2, -0.15) is 0 Å². The van der Waals surface area contributed by atoms with E-state index in [0.717, 1.165) is 12.0 Å². The third kappa shape index (κ3) is 2.43. The summed E-state index contributed by atoms with van der Waals surface area (Å²) in [5.74, 6) is 0.597. The normalized spacial score (nSPS) is 32.3. The molecule has 112 valence electrons. The van der Waals surface area contributed by atoms with Gasteiger partial charge >= 0.3 is 0 Å². The number of carbonyl (C=O) groups excluding carboxylic acids is 2. The molecule has 2 amide bonds. The van der Waals surface area contributed by atoms with Gasteiger partial charge in [-0.3, -0.25) is 9.59 Å². The standard InChI is InChI=1S/C17H22N2O2/c1-10(2)14-17(21)19(13-9-11(13)3)15(16(20)18-14)12-7-5-4-6-8-12/h4-8,10-11,13-15H,9H2,1-3H3,(H,18,20). The van der Waals surface area contributed by atoms with Crippen molar-refractivity contribution >= 4 is 11.8 Å². The molecule has 21 heavy (non-hydrogen) atoms. The third-order valence-electron chi connectivity index (χ3n) is 4.55. The number of amides is 2. The van der Waals surface area contributed by atoms with Crippen LogP contribution >= 0.6 is 0 Å². The molecular formula is C17H22N2O2. The second-order valence-corrected chi connectivity index (χ2v) is 6.57. The Hall–Kier alpha value is -1.84. The lowest BCUT2D eigenvalue weighted by Crippen LogP contribution is -2.61. The van der Waals surface area contributed by atoms with Crippen molar-refractivity contribution in [1.82, 2.24) is 10.2 Å². The predicted molar refractivity (Wildman–Crippen MR) is 80.4 cm³/mol.